The molecule has 1 unspecified atom stereocenters. The number of rotatable bonds is 3. The number of primary amides is 1. The maximum absolute atomic E-state index is 12.4. The molecule has 2 heterocycles. The fourth-order valence-electron chi connectivity index (χ4n) is 3.48. The Morgan fingerprint density at radius 2 is 1.93 bits per heavy atom. The van der Waals surface area contributed by atoms with E-state index in [2.05, 4.69) is 4.98 Å². The second-order valence-electron chi connectivity index (χ2n) is 6.70. The van der Waals surface area contributed by atoms with Crippen LogP contribution in [0.5, 0.6) is 5.75 Å². The Morgan fingerprint density at radius 3 is 2.59 bits per heavy atom. The maximum Gasteiger partial charge on any atom is 0.266 e. The fraction of sp³-hybridized carbons (Fsp3) is 0.143. The SMILES string of the molecule is Cc1cc(O)c(-c2ccc(C(C)C(N)=O)cc2)c2c1[nH]c(=O)c1sccc12. The average Bonchev–Trinajstić information content (AvgIpc) is 3.13. The molecule has 0 saturated carbocycles. The van der Waals surface area contributed by atoms with Crippen LogP contribution in [0, 0.1) is 6.92 Å². The van der Waals surface area contributed by atoms with Gasteiger partial charge < -0.3 is 15.8 Å². The van der Waals surface area contributed by atoms with Crippen LogP contribution in [0.1, 0.15) is 24.0 Å². The van der Waals surface area contributed by atoms with E-state index in [4.69, 9.17) is 5.73 Å². The van der Waals surface area contributed by atoms with Crippen molar-refractivity contribution in [2.45, 2.75) is 19.8 Å². The highest BCUT2D eigenvalue weighted by Gasteiger charge is 2.18. The number of carbonyl (C=O) groups excluding carboxylic acids is 1. The molecule has 0 fully saturated rings. The number of fused-ring (bicyclic) bond motifs is 3. The van der Waals surface area contributed by atoms with Crippen molar-refractivity contribution >= 4 is 38.2 Å². The van der Waals surface area contributed by atoms with Crippen molar-refractivity contribution in [3.63, 3.8) is 0 Å². The lowest BCUT2D eigenvalue weighted by molar-refractivity contribution is -0.119. The Kier molecular flexibility index (Phi) is 4.00. The summed E-state index contributed by atoms with van der Waals surface area (Å²) < 4.78 is 0.632. The highest BCUT2D eigenvalue weighted by atomic mass is 32.1. The molecule has 0 saturated heterocycles. The van der Waals surface area contributed by atoms with Gasteiger partial charge in [0.15, 0.2) is 0 Å². The van der Waals surface area contributed by atoms with Crippen molar-refractivity contribution in [2.24, 2.45) is 5.73 Å². The van der Waals surface area contributed by atoms with Gasteiger partial charge in [-0.25, -0.2) is 0 Å². The van der Waals surface area contributed by atoms with Crippen LogP contribution in [0.3, 0.4) is 0 Å². The molecule has 1 amide bonds. The van der Waals surface area contributed by atoms with Crippen LogP contribution in [0.4, 0.5) is 0 Å². The van der Waals surface area contributed by atoms with Crippen LogP contribution in [0.25, 0.3) is 32.1 Å². The second-order valence-corrected chi connectivity index (χ2v) is 7.62. The molecule has 2 aromatic carbocycles. The normalized spacial score (nSPS) is 12.5. The molecular formula is C21H18N2O3S. The Labute approximate surface area is 159 Å². The molecule has 0 radical (unpaired) electrons. The summed E-state index contributed by atoms with van der Waals surface area (Å²) in [6.07, 6.45) is 0. The number of aromatic hydroxyl groups is 1. The van der Waals surface area contributed by atoms with Crippen LogP contribution in [-0.2, 0) is 4.79 Å². The molecule has 0 spiro atoms. The standard InChI is InChI=1S/C21H18N2O3S/c1-10-9-15(24)16(13-5-3-12(4-6-13)11(2)20(22)25)17-14-7-8-27-19(14)21(26)23-18(10)17/h3-9,11,24H,1-2H3,(H2,22,25)(H,23,26). The minimum absolute atomic E-state index is 0.127. The number of aromatic nitrogens is 1. The number of amides is 1. The van der Waals surface area contributed by atoms with Gasteiger partial charge in [0.05, 0.1) is 11.4 Å². The van der Waals surface area contributed by atoms with Gasteiger partial charge in [0, 0.05) is 16.3 Å². The lowest BCUT2D eigenvalue weighted by Gasteiger charge is -2.14. The number of H-pyrrole nitrogens is 1. The van der Waals surface area contributed by atoms with E-state index >= 15 is 0 Å². The van der Waals surface area contributed by atoms with Crippen molar-refractivity contribution in [2.75, 3.05) is 0 Å². The predicted molar refractivity (Wildman–Crippen MR) is 109 cm³/mol. The molecule has 0 aliphatic carbocycles. The summed E-state index contributed by atoms with van der Waals surface area (Å²) in [5.74, 6) is -0.624. The number of aromatic amines is 1. The third-order valence-electron chi connectivity index (χ3n) is 5.01. The summed E-state index contributed by atoms with van der Waals surface area (Å²) in [6, 6.07) is 11.0. The Balaban J connectivity index is 2.03. The number of phenolic OH excluding ortho intramolecular Hbond substituents is 1. The number of aryl methyl sites for hydroxylation is 1. The van der Waals surface area contributed by atoms with Crippen molar-refractivity contribution in [3.8, 4) is 16.9 Å². The predicted octanol–water partition coefficient (Wildman–Crippen LogP) is 4.01. The van der Waals surface area contributed by atoms with E-state index in [0.717, 1.165) is 27.5 Å². The molecule has 0 bridgehead atoms. The summed E-state index contributed by atoms with van der Waals surface area (Å²) >= 11 is 1.38. The number of hydrogen-bond acceptors (Lipinski definition) is 4. The van der Waals surface area contributed by atoms with Gasteiger partial charge >= 0.3 is 0 Å². The number of nitrogens with two attached hydrogens (primary N) is 1. The van der Waals surface area contributed by atoms with E-state index < -0.39 is 0 Å². The highest BCUT2D eigenvalue weighted by Crippen LogP contribution is 2.41. The zero-order chi connectivity index (χ0) is 19.3. The zero-order valence-corrected chi connectivity index (χ0v) is 15.7. The number of thiophene rings is 1. The van der Waals surface area contributed by atoms with E-state index in [0.29, 0.717) is 15.8 Å². The van der Waals surface area contributed by atoms with Gasteiger partial charge in [-0.2, -0.15) is 0 Å². The van der Waals surface area contributed by atoms with Crippen LogP contribution in [-0.4, -0.2) is 16.0 Å². The smallest absolute Gasteiger partial charge is 0.266 e. The van der Waals surface area contributed by atoms with E-state index in [1.165, 1.54) is 11.3 Å². The molecule has 4 N–H and O–H groups in total. The quantitative estimate of drug-likeness (QED) is 0.502. The van der Waals surface area contributed by atoms with E-state index in [1.54, 1.807) is 13.0 Å². The molecular weight excluding hydrogens is 360 g/mol. The molecule has 0 aliphatic heterocycles. The first-order valence-corrected chi connectivity index (χ1v) is 9.42. The van der Waals surface area contributed by atoms with Crippen LogP contribution >= 0.6 is 11.3 Å². The third kappa shape index (κ3) is 2.69. The molecule has 6 heteroatoms. The molecule has 136 valence electrons. The van der Waals surface area contributed by atoms with Crippen molar-refractivity contribution in [1.29, 1.82) is 0 Å². The van der Waals surface area contributed by atoms with Crippen molar-refractivity contribution in [1.82, 2.24) is 4.98 Å². The summed E-state index contributed by atoms with van der Waals surface area (Å²) in [7, 11) is 0. The first kappa shape index (κ1) is 17.3. The average molecular weight is 378 g/mol. The van der Waals surface area contributed by atoms with Crippen LogP contribution in [0.2, 0.25) is 0 Å². The van der Waals surface area contributed by atoms with Gasteiger partial charge in [0.2, 0.25) is 5.91 Å². The van der Waals surface area contributed by atoms with Gasteiger partial charge in [-0.05, 0) is 48.1 Å². The lowest BCUT2D eigenvalue weighted by atomic mass is 9.93. The highest BCUT2D eigenvalue weighted by molar-refractivity contribution is 7.17. The molecule has 27 heavy (non-hydrogen) atoms. The monoisotopic (exact) mass is 378 g/mol. The number of hydrogen-bond donors (Lipinski definition) is 3. The van der Waals surface area contributed by atoms with Gasteiger partial charge in [-0.15, -0.1) is 11.3 Å². The Bertz CT molecular complexity index is 1250. The van der Waals surface area contributed by atoms with Crippen molar-refractivity contribution in [3.05, 3.63) is 63.3 Å². The molecule has 4 rings (SSSR count). The van der Waals surface area contributed by atoms with E-state index in [-0.39, 0.29) is 23.1 Å². The summed E-state index contributed by atoms with van der Waals surface area (Å²) in [6.45, 7) is 3.62. The molecule has 4 aromatic rings. The minimum atomic E-state index is -0.387. The van der Waals surface area contributed by atoms with Gasteiger partial charge in [-0.1, -0.05) is 24.3 Å². The van der Waals surface area contributed by atoms with Gasteiger partial charge in [0.25, 0.3) is 5.56 Å². The number of phenols is 1. The third-order valence-corrected chi connectivity index (χ3v) is 5.92. The second kappa shape index (κ2) is 6.25. The fourth-order valence-corrected chi connectivity index (χ4v) is 4.27. The Morgan fingerprint density at radius 1 is 1.22 bits per heavy atom. The number of benzene rings is 2. The molecule has 0 aliphatic rings. The summed E-state index contributed by atoms with van der Waals surface area (Å²) in [5.41, 5.74) is 9.06. The Hall–Kier alpha value is -3.12. The number of nitrogens with one attached hydrogen (secondary N) is 1. The van der Waals surface area contributed by atoms with Crippen molar-refractivity contribution < 1.29 is 9.90 Å². The number of carbonyl (C=O) groups is 1. The molecule has 5 nitrogen and oxygen atoms in total. The first-order valence-electron chi connectivity index (χ1n) is 8.54. The van der Waals surface area contributed by atoms with E-state index in [1.807, 2.05) is 42.6 Å². The minimum Gasteiger partial charge on any atom is -0.507 e. The first-order chi connectivity index (χ1) is 12.9. The topological polar surface area (TPSA) is 96.2 Å². The molecule has 2 aromatic heterocycles. The van der Waals surface area contributed by atoms with Crippen LogP contribution < -0.4 is 11.3 Å². The number of pyridine rings is 1. The summed E-state index contributed by atoms with van der Waals surface area (Å²) in [4.78, 5) is 26.7. The lowest BCUT2D eigenvalue weighted by Crippen LogP contribution is -2.18. The largest absolute Gasteiger partial charge is 0.507 e. The van der Waals surface area contributed by atoms with Gasteiger partial charge in [-0.3, -0.25) is 9.59 Å². The van der Waals surface area contributed by atoms with Crippen LogP contribution in [0.15, 0.2) is 46.6 Å². The molecule has 1 atom stereocenters. The van der Waals surface area contributed by atoms with Gasteiger partial charge in [0.1, 0.15) is 10.4 Å². The zero-order valence-electron chi connectivity index (χ0n) is 14.9. The van der Waals surface area contributed by atoms with E-state index in [9.17, 15) is 14.7 Å². The maximum atomic E-state index is 12.4. The summed E-state index contributed by atoms with van der Waals surface area (Å²) in [5, 5.41) is 14.2.